The van der Waals surface area contributed by atoms with E-state index < -0.39 is 5.97 Å². The summed E-state index contributed by atoms with van der Waals surface area (Å²) in [5, 5.41) is 11.5. The van der Waals surface area contributed by atoms with Crippen molar-refractivity contribution in [1.29, 1.82) is 0 Å². The van der Waals surface area contributed by atoms with Gasteiger partial charge in [-0.25, -0.2) is 14.6 Å². The number of aromatic nitrogens is 1. The van der Waals surface area contributed by atoms with Gasteiger partial charge in [0.15, 0.2) is 0 Å². The van der Waals surface area contributed by atoms with Crippen molar-refractivity contribution < 1.29 is 19.4 Å². The first-order valence-corrected chi connectivity index (χ1v) is 7.38. The van der Waals surface area contributed by atoms with E-state index in [1.165, 1.54) is 12.3 Å². The molecule has 1 aromatic rings. The van der Waals surface area contributed by atoms with Gasteiger partial charge in [0, 0.05) is 30.9 Å². The molecule has 0 radical (unpaired) electrons. The molecule has 0 bridgehead atoms. The SMILES string of the molecule is O=C(O)C=Cc1cnc2c(c1)CN(CN1CCOCC1)C(=O)N2. The van der Waals surface area contributed by atoms with Gasteiger partial charge in [0.1, 0.15) is 5.82 Å². The van der Waals surface area contributed by atoms with Crippen LogP contribution in [0.25, 0.3) is 6.08 Å². The number of fused-ring (bicyclic) bond motifs is 1. The zero-order valence-electron chi connectivity index (χ0n) is 12.6. The summed E-state index contributed by atoms with van der Waals surface area (Å²) in [6, 6.07) is 1.67. The molecular weight excluding hydrogens is 300 g/mol. The maximum Gasteiger partial charge on any atom is 0.328 e. The number of ether oxygens (including phenoxy) is 1. The van der Waals surface area contributed by atoms with Crippen LogP contribution in [0, 0.1) is 0 Å². The van der Waals surface area contributed by atoms with Crippen molar-refractivity contribution in [3.63, 3.8) is 0 Å². The Balaban J connectivity index is 1.72. The number of rotatable bonds is 4. The Morgan fingerprint density at radius 3 is 2.96 bits per heavy atom. The molecule has 0 spiro atoms. The molecule has 1 saturated heterocycles. The molecule has 2 amide bonds. The third-order valence-electron chi connectivity index (χ3n) is 3.75. The fourth-order valence-electron chi connectivity index (χ4n) is 2.58. The third kappa shape index (κ3) is 3.85. The highest BCUT2D eigenvalue weighted by molar-refractivity contribution is 5.91. The molecule has 2 aliphatic rings. The lowest BCUT2D eigenvalue weighted by Gasteiger charge is -2.35. The first-order chi connectivity index (χ1) is 11.1. The summed E-state index contributed by atoms with van der Waals surface area (Å²) in [5.74, 6) is -0.481. The molecule has 122 valence electrons. The van der Waals surface area contributed by atoms with Crippen LogP contribution < -0.4 is 5.32 Å². The van der Waals surface area contributed by atoms with Crippen molar-refractivity contribution in [3.05, 3.63) is 29.5 Å². The summed E-state index contributed by atoms with van der Waals surface area (Å²) in [6.07, 6.45) is 4.09. The molecule has 1 fully saturated rings. The summed E-state index contributed by atoms with van der Waals surface area (Å²) < 4.78 is 5.31. The van der Waals surface area contributed by atoms with Crippen LogP contribution in [0.1, 0.15) is 11.1 Å². The smallest absolute Gasteiger partial charge is 0.328 e. The average Bonchev–Trinajstić information content (AvgIpc) is 2.54. The molecule has 0 atom stereocenters. The van der Waals surface area contributed by atoms with Crippen molar-refractivity contribution in [2.24, 2.45) is 0 Å². The number of aliphatic carboxylic acids is 1. The molecular formula is C15H18N4O4. The van der Waals surface area contributed by atoms with E-state index in [-0.39, 0.29) is 6.03 Å². The van der Waals surface area contributed by atoms with E-state index in [2.05, 4.69) is 15.2 Å². The number of carbonyl (C=O) groups is 2. The second-order valence-electron chi connectivity index (χ2n) is 5.45. The molecule has 2 aliphatic heterocycles. The Morgan fingerprint density at radius 2 is 2.22 bits per heavy atom. The van der Waals surface area contributed by atoms with Gasteiger partial charge in [-0.05, 0) is 17.7 Å². The van der Waals surface area contributed by atoms with Crippen molar-refractivity contribution in [2.75, 3.05) is 38.3 Å². The fraction of sp³-hybridized carbons (Fsp3) is 0.400. The maximum atomic E-state index is 12.2. The molecule has 2 N–H and O–H groups in total. The van der Waals surface area contributed by atoms with Crippen LogP contribution in [0.4, 0.5) is 10.6 Å². The number of morpholine rings is 1. The minimum absolute atomic E-state index is 0.176. The lowest BCUT2D eigenvalue weighted by molar-refractivity contribution is -0.131. The van der Waals surface area contributed by atoms with Gasteiger partial charge in [-0.2, -0.15) is 0 Å². The highest BCUT2D eigenvalue weighted by Crippen LogP contribution is 2.22. The summed E-state index contributed by atoms with van der Waals surface area (Å²) in [5.41, 5.74) is 1.55. The molecule has 0 unspecified atom stereocenters. The number of amides is 2. The van der Waals surface area contributed by atoms with E-state index in [9.17, 15) is 9.59 Å². The van der Waals surface area contributed by atoms with Crippen LogP contribution in [-0.4, -0.2) is 64.9 Å². The minimum Gasteiger partial charge on any atom is -0.478 e. The van der Waals surface area contributed by atoms with E-state index in [1.807, 2.05) is 6.07 Å². The lowest BCUT2D eigenvalue weighted by atomic mass is 10.1. The van der Waals surface area contributed by atoms with E-state index in [1.54, 1.807) is 4.90 Å². The zero-order chi connectivity index (χ0) is 16.2. The van der Waals surface area contributed by atoms with Gasteiger partial charge in [-0.1, -0.05) is 0 Å². The predicted molar refractivity (Wildman–Crippen MR) is 82.7 cm³/mol. The number of pyridine rings is 1. The third-order valence-corrected chi connectivity index (χ3v) is 3.75. The highest BCUT2D eigenvalue weighted by Gasteiger charge is 2.25. The van der Waals surface area contributed by atoms with E-state index in [4.69, 9.17) is 9.84 Å². The molecule has 3 heterocycles. The second kappa shape index (κ2) is 6.76. The molecule has 8 nitrogen and oxygen atoms in total. The van der Waals surface area contributed by atoms with Crippen molar-refractivity contribution >= 4 is 23.9 Å². The number of carbonyl (C=O) groups excluding carboxylic acids is 1. The van der Waals surface area contributed by atoms with Crippen LogP contribution in [0.15, 0.2) is 18.3 Å². The lowest BCUT2D eigenvalue weighted by Crippen LogP contribution is -2.48. The Bertz CT molecular complexity index is 640. The van der Waals surface area contributed by atoms with Crippen LogP contribution in [0.5, 0.6) is 0 Å². The largest absolute Gasteiger partial charge is 0.478 e. The normalized spacial score (nSPS) is 18.8. The number of anilines is 1. The van der Waals surface area contributed by atoms with Gasteiger partial charge in [0.2, 0.25) is 0 Å². The first kappa shape index (κ1) is 15.4. The minimum atomic E-state index is -1.01. The van der Waals surface area contributed by atoms with Crippen LogP contribution >= 0.6 is 0 Å². The predicted octanol–water partition coefficient (Wildman–Crippen LogP) is 0.817. The van der Waals surface area contributed by atoms with Crippen LogP contribution in [0.2, 0.25) is 0 Å². The molecule has 23 heavy (non-hydrogen) atoms. The number of hydrogen-bond acceptors (Lipinski definition) is 5. The van der Waals surface area contributed by atoms with E-state index >= 15 is 0 Å². The molecule has 0 aromatic carbocycles. The highest BCUT2D eigenvalue weighted by atomic mass is 16.5. The molecule has 3 rings (SSSR count). The number of nitrogens with one attached hydrogen (secondary N) is 1. The number of carboxylic acids is 1. The van der Waals surface area contributed by atoms with Crippen LogP contribution in [0.3, 0.4) is 0 Å². The average molecular weight is 318 g/mol. The monoisotopic (exact) mass is 318 g/mol. The number of urea groups is 1. The Morgan fingerprint density at radius 1 is 1.43 bits per heavy atom. The quantitative estimate of drug-likeness (QED) is 0.798. The summed E-state index contributed by atoms with van der Waals surface area (Å²) in [6.45, 7) is 3.94. The Kier molecular flexibility index (Phi) is 4.54. The summed E-state index contributed by atoms with van der Waals surface area (Å²) >= 11 is 0. The molecule has 0 aliphatic carbocycles. The van der Waals surface area contributed by atoms with Gasteiger partial charge in [0.05, 0.1) is 26.4 Å². The van der Waals surface area contributed by atoms with Crippen LogP contribution in [-0.2, 0) is 16.1 Å². The van der Waals surface area contributed by atoms with Crippen molar-refractivity contribution in [3.8, 4) is 0 Å². The summed E-state index contributed by atoms with van der Waals surface area (Å²) in [4.78, 5) is 30.8. The van der Waals surface area contributed by atoms with Gasteiger partial charge >= 0.3 is 12.0 Å². The number of carboxylic acid groups (broad SMARTS) is 1. The Hall–Kier alpha value is -2.45. The Labute approximate surface area is 133 Å². The van der Waals surface area contributed by atoms with E-state index in [0.717, 1.165) is 24.7 Å². The van der Waals surface area contributed by atoms with Gasteiger partial charge in [-0.3, -0.25) is 10.2 Å². The molecule has 0 saturated carbocycles. The molecule has 8 heteroatoms. The number of nitrogens with zero attached hydrogens (tertiary/aromatic N) is 3. The topological polar surface area (TPSA) is 95.0 Å². The first-order valence-electron chi connectivity index (χ1n) is 7.38. The zero-order valence-corrected chi connectivity index (χ0v) is 12.6. The van der Waals surface area contributed by atoms with Crippen molar-refractivity contribution in [1.82, 2.24) is 14.8 Å². The van der Waals surface area contributed by atoms with Gasteiger partial charge < -0.3 is 14.7 Å². The maximum absolute atomic E-state index is 12.2. The van der Waals surface area contributed by atoms with Gasteiger partial charge in [0.25, 0.3) is 0 Å². The van der Waals surface area contributed by atoms with Crippen molar-refractivity contribution in [2.45, 2.75) is 6.54 Å². The van der Waals surface area contributed by atoms with E-state index in [0.29, 0.717) is 37.8 Å². The standard InChI is InChI=1S/C15H18N4O4/c20-13(21)2-1-11-7-12-9-19(10-18-3-5-23-6-4-18)15(22)17-14(12)16-8-11/h1-2,7-8H,3-6,9-10H2,(H,20,21)(H,16,17,22). The van der Waals surface area contributed by atoms with Gasteiger partial charge in [-0.15, -0.1) is 0 Å². The number of hydrogen-bond donors (Lipinski definition) is 2. The fourth-order valence-corrected chi connectivity index (χ4v) is 2.58. The molecule has 1 aromatic heterocycles. The second-order valence-corrected chi connectivity index (χ2v) is 5.45. The summed E-state index contributed by atoms with van der Waals surface area (Å²) in [7, 11) is 0.